The summed E-state index contributed by atoms with van der Waals surface area (Å²) in [5.41, 5.74) is 4.69. The monoisotopic (exact) mass is 134 g/mol. The molecule has 4 heteroatoms. The van der Waals surface area contributed by atoms with Gasteiger partial charge in [-0.15, -0.1) is 0 Å². The van der Waals surface area contributed by atoms with Gasteiger partial charge in [-0.3, -0.25) is 10.9 Å². The van der Waals surface area contributed by atoms with Crippen LogP contribution in [0.2, 0.25) is 0 Å². The van der Waals surface area contributed by atoms with Gasteiger partial charge in [0.25, 0.3) is 5.92 Å². The zero-order valence-electron chi connectivity index (χ0n) is 4.88. The zero-order chi connectivity index (χ0) is 6.54. The number of alkyl halides is 2. The topological polar surface area (TPSA) is 24.1 Å². The number of hydrogen-bond acceptors (Lipinski definition) is 2. The molecule has 2 rings (SSSR count). The van der Waals surface area contributed by atoms with Gasteiger partial charge in [-0.05, 0) is 0 Å². The Labute approximate surface area is 51.6 Å². The van der Waals surface area contributed by atoms with E-state index in [1.54, 1.807) is 0 Å². The highest BCUT2D eigenvalue weighted by Crippen LogP contribution is 2.60. The van der Waals surface area contributed by atoms with E-state index in [-0.39, 0.29) is 6.42 Å². The summed E-state index contributed by atoms with van der Waals surface area (Å²) in [6, 6.07) is 0. The van der Waals surface area contributed by atoms with Gasteiger partial charge in [-0.1, -0.05) is 0 Å². The van der Waals surface area contributed by atoms with Gasteiger partial charge in [0, 0.05) is 19.5 Å². The molecule has 1 saturated carbocycles. The van der Waals surface area contributed by atoms with E-state index in [1.165, 1.54) is 0 Å². The molecule has 52 valence electrons. The Kier molecular flexibility index (Phi) is 0.784. The number of hydrogen-bond donors (Lipinski definition) is 2. The Balaban J connectivity index is 2.13. The fraction of sp³-hybridized carbons (Fsp3) is 1.00. The first-order chi connectivity index (χ1) is 4.16. The van der Waals surface area contributed by atoms with Crippen molar-refractivity contribution in [3.63, 3.8) is 0 Å². The van der Waals surface area contributed by atoms with Gasteiger partial charge in [0.1, 0.15) is 0 Å². The first kappa shape index (κ1) is 5.56. The van der Waals surface area contributed by atoms with Crippen LogP contribution in [0.1, 0.15) is 6.42 Å². The zero-order valence-corrected chi connectivity index (χ0v) is 4.88. The summed E-state index contributed by atoms with van der Waals surface area (Å²) in [5, 5.41) is 0. The molecule has 1 aliphatic heterocycles. The first-order valence-electron chi connectivity index (χ1n) is 3.00. The third kappa shape index (κ3) is 0.548. The fourth-order valence-corrected chi connectivity index (χ4v) is 1.29. The Hall–Kier alpha value is -0.220. The van der Waals surface area contributed by atoms with Gasteiger partial charge < -0.3 is 0 Å². The Morgan fingerprint density at radius 3 is 1.78 bits per heavy atom. The standard InChI is InChI=1S/C5H8F2N2/c6-5(7)1-4(5)2-8-9-3-4/h8-9H,1-3H2. The highest BCUT2D eigenvalue weighted by atomic mass is 19.3. The van der Waals surface area contributed by atoms with Gasteiger partial charge in [-0.2, -0.15) is 0 Å². The van der Waals surface area contributed by atoms with E-state index < -0.39 is 11.3 Å². The molecule has 0 aromatic carbocycles. The minimum Gasteiger partial charge on any atom is -0.257 e. The van der Waals surface area contributed by atoms with Crippen molar-refractivity contribution >= 4 is 0 Å². The van der Waals surface area contributed by atoms with Gasteiger partial charge >= 0.3 is 0 Å². The molecule has 1 saturated heterocycles. The highest BCUT2D eigenvalue weighted by molar-refractivity contribution is 5.14. The quantitative estimate of drug-likeness (QED) is 0.491. The smallest absolute Gasteiger partial charge is 0.257 e. The maximum Gasteiger partial charge on any atom is 0.257 e. The molecule has 0 aromatic rings. The summed E-state index contributed by atoms with van der Waals surface area (Å²) in [6.45, 7) is 0.833. The molecule has 1 heterocycles. The summed E-state index contributed by atoms with van der Waals surface area (Å²) >= 11 is 0. The highest BCUT2D eigenvalue weighted by Gasteiger charge is 2.71. The predicted molar refractivity (Wildman–Crippen MR) is 28.0 cm³/mol. The third-order valence-corrected chi connectivity index (χ3v) is 2.19. The van der Waals surface area contributed by atoms with Crippen LogP contribution >= 0.6 is 0 Å². The van der Waals surface area contributed by atoms with E-state index in [9.17, 15) is 8.78 Å². The van der Waals surface area contributed by atoms with Crippen molar-refractivity contribution in [3.8, 4) is 0 Å². The molecule has 2 N–H and O–H groups in total. The number of hydrazine groups is 1. The summed E-state index contributed by atoms with van der Waals surface area (Å²) in [5.74, 6) is -2.40. The molecule has 0 radical (unpaired) electrons. The molecule has 1 spiro atoms. The lowest BCUT2D eigenvalue weighted by Crippen LogP contribution is -2.21. The van der Waals surface area contributed by atoms with Crippen LogP contribution in [0.4, 0.5) is 8.78 Å². The van der Waals surface area contributed by atoms with E-state index in [0.29, 0.717) is 13.1 Å². The Bertz CT molecular complexity index is 134. The summed E-state index contributed by atoms with van der Waals surface area (Å²) in [4.78, 5) is 0. The first-order valence-corrected chi connectivity index (χ1v) is 3.00. The van der Waals surface area contributed by atoms with Crippen molar-refractivity contribution in [2.45, 2.75) is 12.3 Å². The van der Waals surface area contributed by atoms with E-state index in [4.69, 9.17) is 0 Å². The fourth-order valence-electron chi connectivity index (χ4n) is 1.29. The molecule has 0 amide bonds. The predicted octanol–water partition coefficient (Wildman–Crippen LogP) is 0.120. The molecule has 0 aromatic heterocycles. The average molecular weight is 134 g/mol. The molecule has 9 heavy (non-hydrogen) atoms. The molecular formula is C5H8F2N2. The van der Waals surface area contributed by atoms with Crippen molar-refractivity contribution < 1.29 is 8.78 Å². The van der Waals surface area contributed by atoms with Gasteiger partial charge in [0.05, 0.1) is 5.41 Å². The van der Waals surface area contributed by atoms with Crippen molar-refractivity contribution in [2.24, 2.45) is 5.41 Å². The maximum atomic E-state index is 12.4. The van der Waals surface area contributed by atoms with Crippen molar-refractivity contribution in [1.29, 1.82) is 0 Å². The van der Waals surface area contributed by atoms with E-state index in [1.807, 2.05) is 0 Å². The van der Waals surface area contributed by atoms with Crippen LogP contribution in [0, 0.1) is 5.41 Å². The lowest BCUT2D eigenvalue weighted by atomic mass is 10.1. The van der Waals surface area contributed by atoms with E-state index in [0.717, 1.165) is 0 Å². The summed E-state index contributed by atoms with van der Waals surface area (Å²) < 4.78 is 24.8. The van der Waals surface area contributed by atoms with Crippen LogP contribution in [0.25, 0.3) is 0 Å². The molecule has 2 aliphatic rings. The second-order valence-corrected chi connectivity index (χ2v) is 2.87. The number of rotatable bonds is 0. The largest absolute Gasteiger partial charge is 0.257 e. The second kappa shape index (κ2) is 1.27. The van der Waals surface area contributed by atoms with Crippen molar-refractivity contribution in [3.05, 3.63) is 0 Å². The molecule has 0 unspecified atom stereocenters. The minimum absolute atomic E-state index is 0.0556. The maximum absolute atomic E-state index is 12.4. The number of nitrogens with one attached hydrogen (secondary N) is 2. The van der Waals surface area contributed by atoms with Gasteiger partial charge in [0.2, 0.25) is 0 Å². The van der Waals surface area contributed by atoms with E-state index >= 15 is 0 Å². The SMILES string of the molecule is FC1(F)CC12CNNC2. The minimum atomic E-state index is -2.40. The Morgan fingerprint density at radius 1 is 1.11 bits per heavy atom. The van der Waals surface area contributed by atoms with Gasteiger partial charge in [0.15, 0.2) is 0 Å². The third-order valence-electron chi connectivity index (χ3n) is 2.19. The molecular weight excluding hydrogens is 126 g/mol. The molecule has 0 atom stereocenters. The normalized spacial score (nSPS) is 35.3. The number of halogens is 2. The molecule has 2 fully saturated rings. The van der Waals surface area contributed by atoms with Gasteiger partial charge in [-0.25, -0.2) is 8.78 Å². The second-order valence-electron chi connectivity index (χ2n) is 2.87. The van der Waals surface area contributed by atoms with Crippen LogP contribution in [0.3, 0.4) is 0 Å². The van der Waals surface area contributed by atoms with Crippen LogP contribution in [0.5, 0.6) is 0 Å². The van der Waals surface area contributed by atoms with E-state index in [2.05, 4.69) is 10.9 Å². The lowest BCUT2D eigenvalue weighted by Gasteiger charge is -2.01. The Morgan fingerprint density at radius 2 is 1.56 bits per heavy atom. The van der Waals surface area contributed by atoms with Crippen LogP contribution in [-0.2, 0) is 0 Å². The van der Waals surface area contributed by atoms with Crippen molar-refractivity contribution in [2.75, 3.05) is 13.1 Å². The summed E-state index contributed by atoms with van der Waals surface area (Å²) in [6.07, 6.45) is 0.0556. The average Bonchev–Trinajstić information content (AvgIpc) is 2.27. The van der Waals surface area contributed by atoms with Crippen LogP contribution in [0.15, 0.2) is 0 Å². The molecule has 2 nitrogen and oxygen atoms in total. The summed E-state index contributed by atoms with van der Waals surface area (Å²) in [7, 11) is 0. The lowest BCUT2D eigenvalue weighted by molar-refractivity contribution is 0.0741. The van der Waals surface area contributed by atoms with Crippen LogP contribution < -0.4 is 10.9 Å². The molecule has 1 aliphatic carbocycles. The van der Waals surface area contributed by atoms with Crippen molar-refractivity contribution in [1.82, 2.24) is 10.9 Å². The molecule has 0 bridgehead atoms. The van der Waals surface area contributed by atoms with Crippen LogP contribution in [-0.4, -0.2) is 19.0 Å².